The van der Waals surface area contributed by atoms with Gasteiger partial charge in [0.2, 0.25) is 11.6 Å². The van der Waals surface area contributed by atoms with Gasteiger partial charge in [-0.25, -0.2) is 0 Å². The fourth-order valence-corrected chi connectivity index (χ4v) is 1.38. The highest BCUT2D eigenvalue weighted by Gasteiger charge is 2.29. The Balaban J connectivity index is 2.73. The first kappa shape index (κ1) is 8.50. The molecule has 0 aromatic heterocycles. The van der Waals surface area contributed by atoms with Crippen molar-refractivity contribution in [3.8, 4) is 0 Å². The van der Waals surface area contributed by atoms with Crippen molar-refractivity contribution in [2.75, 3.05) is 0 Å². The third-order valence-electron chi connectivity index (χ3n) is 2.13. The molecule has 0 radical (unpaired) electrons. The molecule has 0 saturated heterocycles. The lowest BCUT2D eigenvalue weighted by Crippen LogP contribution is -2.26. The van der Waals surface area contributed by atoms with E-state index >= 15 is 0 Å². The summed E-state index contributed by atoms with van der Waals surface area (Å²) >= 11 is 0. The summed E-state index contributed by atoms with van der Waals surface area (Å²) in [5.74, 6) is -1.76. The van der Waals surface area contributed by atoms with Gasteiger partial charge in [-0.05, 0) is 0 Å². The average Bonchev–Trinajstić information content (AvgIpc) is 2.23. The summed E-state index contributed by atoms with van der Waals surface area (Å²) in [6, 6.07) is 6.26. The predicted octanol–water partition coefficient (Wildman–Crippen LogP) is 0.794. The maximum Gasteiger partial charge on any atom is 0.230 e. The van der Waals surface area contributed by atoms with Crippen molar-refractivity contribution in [2.24, 2.45) is 5.73 Å². The van der Waals surface area contributed by atoms with Crippen LogP contribution in [-0.2, 0) is 0 Å². The normalized spacial score (nSPS) is 15.7. The fraction of sp³-hybridized carbons (Fsp3) is 0. The van der Waals surface area contributed by atoms with Gasteiger partial charge in [0.05, 0.1) is 0 Å². The van der Waals surface area contributed by atoms with Crippen LogP contribution in [0.1, 0.15) is 20.7 Å². The van der Waals surface area contributed by atoms with E-state index in [9.17, 15) is 14.7 Å². The molecular formula is C10H7NO3. The number of hydrogen-bond donors (Lipinski definition) is 2. The van der Waals surface area contributed by atoms with Gasteiger partial charge in [0.25, 0.3) is 0 Å². The average molecular weight is 189 g/mol. The van der Waals surface area contributed by atoms with Gasteiger partial charge in [-0.1, -0.05) is 24.3 Å². The zero-order valence-electron chi connectivity index (χ0n) is 7.15. The van der Waals surface area contributed by atoms with Gasteiger partial charge in [-0.3, -0.25) is 9.59 Å². The number of allylic oxidation sites excluding steroid dienone is 2. The van der Waals surface area contributed by atoms with E-state index in [1.807, 2.05) is 0 Å². The predicted molar refractivity (Wildman–Crippen MR) is 48.9 cm³/mol. The molecule has 2 rings (SSSR count). The molecule has 0 bridgehead atoms. The first-order chi connectivity index (χ1) is 6.63. The Bertz CT molecular complexity index is 431. The van der Waals surface area contributed by atoms with Crippen LogP contribution < -0.4 is 5.73 Å². The fourth-order valence-electron chi connectivity index (χ4n) is 1.38. The summed E-state index contributed by atoms with van der Waals surface area (Å²) in [6.45, 7) is 0. The Labute approximate surface area is 79.7 Å². The second-order valence-corrected chi connectivity index (χ2v) is 2.97. The van der Waals surface area contributed by atoms with Gasteiger partial charge < -0.3 is 10.8 Å². The van der Waals surface area contributed by atoms with Crippen LogP contribution in [-0.4, -0.2) is 16.7 Å². The molecule has 0 spiro atoms. The molecule has 14 heavy (non-hydrogen) atoms. The number of carbonyl (C=O) groups excluding carboxylic acids is 2. The number of Topliss-reactive ketones (excluding diaryl/α,β-unsaturated/α-hetero) is 2. The minimum absolute atomic E-state index is 0.198. The third-order valence-corrected chi connectivity index (χ3v) is 2.13. The topological polar surface area (TPSA) is 80.4 Å². The molecule has 0 saturated carbocycles. The van der Waals surface area contributed by atoms with Crippen LogP contribution in [0.5, 0.6) is 0 Å². The molecule has 1 aliphatic carbocycles. The van der Waals surface area contributed by atoms with Crippen molar-refractivity contribution in [1.82, 2.24) is 0 Å². The monoisotopic (exact) mass is 189 g/mol. The van der Waals surface area contributed by atoms with Gasteiger partial charge in [-0.2, -0.15) is 0 Å². The number of benzene rings is 1. The summed E-state index contributed by atoms with van der Waals surface area (Å²) in [5, 5.41) is 9.25. The minimum Gasteiger partial charge on any atom is -0.503 e. The molecular weight excluding hydrogens is 182 g/mol. The summed E-state index contributed by atoms with van der Waals surface area (Å²) in [5.41, 5.74) is 5.35. The minimum atomic E-state index is -0.659. The van der Waals surface area contributed by atoms with Crippen molar-refractivity contribution in [2.45, 2.75) is 0 Å². The molecule has 1 aromatic rings. The van der Waals surface area contributed by atoms with E-state index in [1.54, 1.807) is 12.1 Å². The first-order valence-corrected chi connectivity index (χ1v) is 4.00. The van der Waals surface area contributed by atoms with Gasteiger partial charge in [0, 0.05) is 11.1 Å². The van der Waals surface area contributed by atoms with Crippen molar-refractivity contribution >= 4 is 11.6 Å². The number of aliphatic hydroxyl groups excluding tert-OH is 1. The van der Waals surface area contributed by atoms with Crippen LogP contribution in [0.25, 0.3) is 0 Å². The van der Waals surface area contributed by atoms with Gasteiger partial charge >= 0.3 is 0 Å². The quantitative estimate of drug-likeness (QED) is 0.632. The molecule has 3 N–H and O–H groups in total. The summed E-state index contributed by atoms with van der Waals surface area (Å²) in [4.78, 5) is 22.9. The molecule has 4 nitrogen and oxygen atoms in total. The van der Waals surface area contributed by atoms with Crippen LogP contribution >= 0.6 is 0 Å². The molecule has 0 atom stereocenters. The highest BCUT2D eigenvalue weighted by Crippen LogP contribution is 2.21. The molecule has 4 heteroatoms. The Hall–Kier alpha value is -2.10. The standard InChI is InChI=1S/C10H7NO3/c11-7-8(12)5-3-1-2-4-6(5)9(13)10(7)14/h1-4,14H,11H2. The molecule has 1 aromatic carbocycles. The van der Waals surface area contributed by atoms with Crippen molar-refractivity contribution < 1.29 is 14.7 Å². The van der Waals surface area contributed by atoms with E-state index in [0.29, 0.717) is 0 Å². The maximum absolute atomic E-state index is 11.5. The van der Waals surface area contributed by atoms with E-state index in [2.05, 4.69) is 0 Å². The summed E-state index contributed by atoms with van der Waals surface area (Å²) in [6.07, 6.45) is 0. The molecule has 0 fully saturated rings. The first-order valence-electron chi connectivity index (χ1n) is 4.00. The Morgan fingerprint density at radius 2 is 1.50 bits per heavy atom. The van der Waals surface area contributed by atoms with Crippen LogP contribution in [0.4, 0.5) is 0 Å². The number of hydrogen-bond acceptors (Lipinski definition) is 4. The van der Waals surface area contributed by atoms with Crippen LogP contribution in [0, 0.1) is 0 Å². The lowest BCUT2D eigenvalue weighted by molar-refractivity contribution is 0.0928. The number of carbonyl (C=O) groups is 2. The van der Waals surface area contributed by atoms with Crippen molar-refractivity contribution in [3.63, 3.8) is 0 Å². The second-order valence-electron chi connectivity index (χ2n) is 2.97. The Morgan fingerprint density at radius 3 is 2.07 bits per heavy atom. The highest BCUT2D eigenvalue weighted by molar-refractivity contribution is 6.25. The van der Waals surface area contributed by atoms with E-state index in [-0.39, 0.29) is 16.8 Å². The highest BCUT2D eigenvalue weighted by atomic mass is 16.3. The van der Waals surface area contributed by atoms with Gasteiger partial charge in [0.1, 0.15) is 5.70 Å². The van der Waals surface area contributed by atoms with Crippen LogP contribution in [0.2, 0.25) is 0 Å². The third kappa shape index (κ3) is 0.939. The zero-order valence-corrected chi connectivity index (χ0v) is 7.15. The van der Waals surface area contributed by atoms with E-state index in [1.165, 1.54) is 12.1 Å². The van der Waals surface area contributed by atoms with E-state index in [4.69, 9.17) is 5.73 Å². The smallest absolute Gasteiger partial charge is 0.230 e. The number of ketones is 2. The molecule has 1 aliphatic rings. The van der Waals surface area contributed by atoms with Gasteiger partial charge in [-0.15, -0.1) is 0 Å². The molecule has 70 valence electrons. The molecule has 0 amide bonds. The Morgan fingerprint density at radius 1 is 1.00 bits per heavy atom. The summed E-state index contributed by atoms with van der Waals surface area (Å²) < 4.78 is 0. The SMILES string of the molecule is NC1=C(O)C(=O)c2ccccc2C1=O. The Kier molecular flexibility index (Phi) is 1.64. The lowest BCUT2D eigenvalue weighted by Gasteiger charge is -2.13. The number of nitrogens with two attached hydrogens (primary N) is 1. The lowest BCUT2D eigenvalue weighted by atomic mass is 9.92. The van der Waals surface area contributed by atoms with Crippen molar-refractivity contribution in [3.05, 3.63) is 46.8 Å². The molecule has 0 aliphatic heterocycles. The molecule has 0 heterocycles. The van der Waals surface area contributed by atoms with Crippen LogP contribution in [0.3, 0.4) is 0 Å². The summed E-state index contributed by atoms with van der Waals surface area (Å²) in [7, 11) is 0. The molecule has 0 unspecified atom stereocenters. The largest absolute Gasteiger partial charge is 0.503 e. The maximum atomic E-state index is 11.5. The second kappa shape index (κ2) is 2.70. The number of aliphatic hydroxyl groups is 1. The van der Waals surface area contributed by atoms with Gasteiger partial charge in [0.15, 0.2) is 5.76 Å². The van der Waals surface area contributed by atoms with Crippen LogP contribution in [0.15, 0.2) is 35.7 Å². The number of rotatable bonds is 0. The number of fused-ring (bicyclic) bond motifs is 1. The van der Waals surface area contributed by atoms with Crippen molar-refractivity contribution in [1.29, 1.82) is 0 Å². The zero-order chi connectivity index (χ0) is 10.3. The van der Waals surface area contributed by atoms with E-state index in [0.717, 1.165) is 0 Å². The van der Waals surface area contributed by atoms with E-state index < -0.39 is 17.3 Å².